The molecule has 0 aliphatic carbocycles. The molecule has 1 heterocycles. The summed E-state index contributed by atoms with van der Waals surface area (Å²) < 4.78 is 15.4. The van der Waals surface area contributed by atoms with Gasteiger partial charge in [-0.3, -0.25) is 9.48 Å². The Labute approximate surface area is 115 Å². The Bertz CT molecular complexity index is 570. The Morgan fingerprint density at radius 3 is 2.95 bits per heavy atom. The zero-order chi connectivity index (χ0) is 14.4. The van der Waals surface area contributed by atoms with E-state index in [1.165, 1.54) is 6.07 Å². The number of aryl methyl sites for hydroxylation is 1. The molecule has 1 amide bonds. The van der Waals surface area contributed by atoms with E-state index in [1.807, 2.05) is 0 Å². The summed E-state index contributed by atoms with van der Waals surface area (Å²) >= 11 is 0. The highest BCUT2D eigenvalue weighted by Gasteiger charge is 2.06. The van der Waals surface area contributed by atoms with Crippen molar-refractivity contribution >= 4 is 5.91 Å². The number of hydrogen-bond donors (Lipinski definition) is 2. The normalized spacial score (nSPS) is 10.7. The second-order valence-electron chi connectivity index (χ2n) is 4.37. The largest absolute Gasteiger partial charge is 0.366 e. The quantitative estimate of drug-likeness (QED) is 0.729. The summed E-state index contributed by atoms with van der Waals surface area (Å²) in [7, 11) is 0. The average Bonchev–Trinajstić information content (AvgIpc) is 2.93. The molecule has 3 N–H and O–H groups in total. The number of nitrogens with two attached hydrogens (primary N) is 1. The van der Waals surface area contributed by atoms with Gasteiger partial charge in [-0.15, -0.1) is 5.10 Å². The SMILES string of the molecule is NC(=O)c1ccc(CNCCCn2ccnn2)c(F)c1. The average molecular weight is 277 g/mol. The fraction of sp³-hybridized carbons (Fsp3) is 0.308. The smallest absolute Gasteiger partial charge is 0.248 e. The maximum atomic E-state index is 13.7. The summed E-state index contributed by atoms with van der Waals surface area (Å²) in [5, 5.41) is 10.7. The Morgan fingerprint density at radius 1 is 1.45 bits per heavy atom. The molecule has 106 valence electrons. The van der Waals surface area contributed by atoms with E-state index >= 15 is 0 Å². The molecule has 0 saturated heterocycles. The van der Waals surface area contributed by atoms with Gasteiger partial charge in [0.15, 0.2) is 0 Å². The fourth-order valence-corrected chi connectivity index (χ4v) is 1.79. The first kappa shape index (κ1) is 14.1. The second-order valence-corrected chi connectivity index (χ2v) is 4.37. The van der Waals surface area contributed by atoms with Crippen LogP contribution in [0.2, 0.25) is 0 Å². The minimum atomic E-state index is -0.628. The number of halogens is 1. The van der Waals surface area contributed by atoms with Crippen LogP contribution >= 0.6 is 0 Å². The highest BCUT2D eigenvalue weighted by atomic mass is 19.1. The zero-order valence-corrected chi connectivity index (χ0v) is 10.9. The van der Waals surface area contributed by atoms with Gasteiger partial charge in [0.2, 0.25) is 5.91 Å². The number of amides is 1. The minimum absolute atomic E-state index is 0.178. The standard InChI is InChI=1S/C13H16FN5O/c14-12-8-10(13(15)20)2-3-11(12)9-16-4-1-6-19-7-5-17-18-19/h2-3,5,7-8,16H,1,4,6,9H2,(H2,15,20). The molecule has 0 unspecified atom stereocenters. The Hall–Kier alpha value is -2.28. The second kappa shape index (κ2) is 6.76. The highest BCUT2D eigenvalue weighted by molar-refractivity contribution is 5.92. The van der Waals surface area contributed by atoms with Gasteiger partial charge in [-0.1, -0.05) is 11.3 Å². The Kier molecular flexibility index (Phi) is 4.78. The van der Waals surface area contributed by atoms with Crippen LogP contribution in [0, 0.1) is 5.82 Å². The third-order valence-corrected chi connectivity index (χ3v) is 2.87. The van der Waals surface area contributed by atoms with Crippen LogP contribution in [0.5, 0.6) is 0 Å². The molecule has 2 aromatic rings. The van der Waals surface area contributed by atoms with Crippen molar-refractivity contribution in [3.8, 4) is 0 Å². The molecule has 0 atom stereocenters. The molecular weight excluding hydrogens is 261 g/mol. The molecule has 20 heavy (non-hydrogen) atoms. The van der Waals surface area contributed by atoms with Crippen LogP contribution in [0.25, 0.3) is 0 Å². The maximum absolute atomic E-state index is 13.7. The molecule has 7 heteroatoms. The summed E-state index contributed by atoms with van der Waals surface area (Å²) in [6.45, 7) is 1.90. The third kappa shape index (κ3) is 3.86. The number of hydrogen-bond acceptors (Lipinski definition) is 4. The highest BCUT2D eigenvalue weighted by Crippen LogP contribution is 2.10. The Balaban J connectivity index is 1.75. The molecule has 0 saturated carbocycles. The van der Waals surface area contributed by atoms with Crippen molar-refractivity contribution in [3.63, 3.8) is 0 Å². The topological polar surface area (TPSA) is 85.8 Å². The summed E-state index contributed by atoms with van der Waals surface area (Å²) in [6.07, 6.45) is 4.29. The fourth-order valence-electron chi connectivity index (χ4n) is 1.79. The molecule has 1 aromatic heterocycles. The lowest BCUT2D eigenvalue weighted by Gasteiger charge is -2.07. The lowest BCUT2D eigenvalue weighted by atomic mass is 10.1. The van der Waals surface area contributed by atoms with Crippen LogP contribution in [-0.4, -0.2) is 27.4 Å². The molecule has 0 bridgehead atoms. The van der Waals surface area contributed by atoms with E-state index in [0.717, 1.165) is 25.6 Å². The lowest BCUT2D eigenvalue weighted by Crippen LogP contribution is -2.18. The van der Waals surface area contributed by atoms with Gasteiger partial charge in [0.1, 0.15) is 5.82 Å². The third-order valence-electron chi connectivity index (χ3n) is 2.87. The van der Waals surface area contributed by atoms with Gasteiger partial charge in [0, 0.05) is 30.4 Å². The number of rotatable bonds is 7. The molecule has 0 aliphatic heterocycles. The summed E-state index contributed by atoms with van der Waals surface area (Å²) in [5.41, 5.74) is 5.77. The molecule has 0 spiro atoms. The van der Waals surface area contributed by atoms with Crippen LogP contribution in [0.1, 0.15) is 22.3 Å². The molecule has 2 rings (SSSR count). The van der Waals surface area contributed by atoms with Gasteiger partial charge in [0.25, 0.3) is 0 Å². The number of primary amides is 1. The van der Waals surface area contributed by atoms with Gasteiger partial charge in [-0.2, -0.15) is 0 Å². The van der Waals surface area contributed by atoms with E-state index in [2.05, 4.69) is 15.6 Å². The van der Waals surface area contributed by atoms with Gasteiger partial charge in [-0.25, -0.2) is 4.39 Å². The first-order chi connectivity index (χ1) is 9.66. The van der Waals surface area contributed by atoms with E-state index in [0.29, 0.717) is 12.1 Å². The maximum Gasteiger partial charge on any atom is 0.248 e. The van der Waals surface area contributed by atoms with Gasteiger partial charge in [0.05, 0.1) is 6.20 Å². The zero-order valence-electron chi connectivity index (χ0n) is 10.9. The lowest BCUT2D eigenvalue weighted by molar-refractivity contribution is 0.1000. The van der Waals surface area contributed by atoms with Crippen molar-refractivity contribution in [2.24, 2.45) is 5.73 Å². The van der Waals surface area contributed by atoms with Crippen LogP contribution in [-0.2, 0) is 13.1 Å². The molecule has 0 radical (unpaired) electrons. The summed E-state index contributed by atoms with van der Waals surface area (Å²) in [4.78, 5) is 10.9. The van der Waals surface area contributed by atoms with Gasteiger partial charge in [-0.05, 0) is 25.1 Å². The van der Waals surface area contributed by atoms with Crippen molar-refractivity contribution in [2.75, 3.05) is 6.54 Å². The summed E-state index contributed by atoms with van der Waals surface area (Å²) in [5.74, 6) is -1.05. The number of carbonyl (C=O) groups excluding carboxylic acids is 1. The number of nitrogens with one attached hydrogen (secondary N) is 1. The van der Waals surface area contributed by atoms with E-state index in [1.54, 1.807) is 23.1 Å². The predicted molar refractivity (Wildman–Crippen MR) is 71.3 cm³/mol. The van der Waals surface area contributed by atoms with Gasteiger partial charge < -0.3 is 11.1 Å². The molecule has 0 aliphatic rings. The Morgan fingerprint density at radius 2 is 2.30 bits per heavy atom. The first-order valence-electron chi connectivity index (χ1n) is 6.30. The number of carbonyl (C=O) groups is 1. The first-order valence-corrected chi connectivity index (χ1v) is 6.30. The van der Waals surface area contributed by atoms with Crippen molar-refractivity contribution in [2.45, 2.75) is 19.5 Å². The van der Waals surface area contributed by atoms with Crippen LogP contribution in [0.3, 0.4) is 0 Å². The van der Waals surface area contributed by atoms with E-state index in [-0.39, 0.29) is 5.56 Å². The summed E-state index contributed by atoms with van der Waals surface area (Å²) in [6, 6.07) is 4.26. The van der Waals surface area contributed by atoms with E-state index in [4.69, 9.17) is 5.73 Å². The molecule has 0 fully saturated rings. The van der Waals surface area contributed by atoms with E-state index in [9.17, 15) is 9.18 Å². The van der Waals surface area contributed by atoms with Gasteiger partial charge >= 0.3 is 0 Å². The van der Waals surface area contributed by atoms with E-state index < -0.39 is 11.7 Å². The van der Waals surface area contributed by atoms with Crippen molar-refractivity contribution in [1.82, 2.24) is 20.3 Å². The number of aromatic nitrogens is 3. The molecule has 1 aromatic carbocycles. The van der Waals surface area contributed by atoms with Crippen LogP contribution in [0.4, 0.5) is 4.39 Å². The van der Waals surface area contributed by atoms with Crippen molar-refractivity contribution in [1.29, 1.82) is 0 Å². The van der Waals surface area contributed by atoms with Crippen LogP contribution < -0.4 is 11.1 Å². The number of nitrogens with zero attached hydrogens (tertiary/aromatic N) is 3. The van der Waals surface area contributed by atoms with Crippen molar-refractivity contribution < 1.29 is 9.18 Å². The number of benzene rings is 1. The predicted octanol–water partition coefficient (Wildman–Crippen LogP) is 0.696. The van der Waals surface area contributed by atoms with Crippen LogP contribution in [0.15, 0.2) is 30.6 Å². The van der Waals surface area contributed by atoms with Crippen molar-refractivity contribution in [3.05, 3.63) is 47.5 Å². The monoisotopic (exact) mass is 277 g/mol. The minimum Gasteiger partial charge on any atom is -0.366 e. The molecule has 6 nitrogen and oxygen atoms in total. The molecular formula is C13H16FN5O.